The van der Waals surface area contributed by atoms with Crippen molar-refractivity contribution in [1.82, 2.24) is 14.5 Å². The molecule has 1 amide bonds. The van der Waals surface area contributed by atoms with Crippen LogP contribution in [-0.2, 0) is 38.4 Å². The van der Waals surface area contributed by atoms with Gasteiger partial charge in [0, 0.05) is 56.4 Å². The zero-order chi connectivity index (χ0) is 39.9. The van der Waals surface area contributed by atoms with Gasteiger partial charge in [0.15, 0.2) is 0 Å². The van der Waals surface area contributed by atoms with Crippen LogP contribution in [0.1, 0.15) is 71.4 Å². The van der Waals surface area contributed by atoms with E-state index in [1.54, 1.807) is 23.2 Å². The highest BCUT2D eigenvalue weighted by molar-refractivity contribution is 6.62. The van der Waals surface area contributed by atoms with E-state index in [9.17, 15) is 23.1 Å². The number of nitrogens with zero attached hydrogens (tertiary/aromatic N) is 4. The van der Waals surface area contributed by atoms with Crippen LogP contribution in [0.5, 0.6) is 0 Å². The van der Waals surface area contributed by atoms with E-state index in [0.29, 0.717) is 70.7 Å². The summed E-state index contributed by atoms with van der Waals surface area (Å²) in [5, 5.41) is 11.1. The number of pyridine rings is 1. The normalized spacial score (nSPS) is 17.9. The Labute approximate surface area is 321 Å². The van der Waals surface area contributed by atoms with E-state index in [1.165, 1.54) is 11.7 Å². The molecule has 1 atom stereocenters. The van der Waals surface area contributed by atoms with Crippen LogP contribution in [0.3, 0.4) is 0 Å². The maximum absolute atomic E-state index is 14.6. The molecular weight excluding hydrogens is 712 g/mol. The molecule has 0 unspecified atom stereocenters. The summed E-state index contributed by atoms with van der Waals surface area (Å²) >= 11 is 0. The van der Waals surface area contributed by atoms with E-state index < -0.39 is 48.7 Å². The molecule has 0 saturated carbocycles. The molecule has 2 aromatic heterocycles. The Kier molecular flexibility index (Phi) is 11.4. The standard InChI is InChI=1S/C41H52BF3N4O6/c1-27(52-8)35-32(21-30(23-46-35)47-16-18-48(19-17-47)37(51)53-24-28-12-10-9-11-13-28)36-33(22-38(2,3)26-50)31-20-29(42-54-39(4,5)40(6,7)55-42)14-15-34(31)49(36)25-41(43,44)45/h9-15,20-21,23,27,50H,16-19,22,24-26H2,1-8H3/t27-/m0/s1. The summed E-state index contributed by atoms with van der Waals surface area (Å²) < 4.78 is 69.2. The quantitative estimate of drug-likeness (QED) is 0.159. The highest BCUT2D eigenvalue weighted by Gasteiger charge is 2.52. The molecule has 4 aromatic rings. The van der Waals surface area contributed by atoms with E-state index in [0.717, 1.165) is 5.56 Å². The number of alkyl halides is 3. The first-order valence-electron chi connectivity index (χ1n) is 18.7. The monoisotopic (exact) mass is 764 g/mol. The molecule has 0 radical (unpaired) electrons. The first-order valence-corrected chi connectivity index (χ1v) is 18.7. The zero-order valence-electron chi connectivity index (χ0n) is 33.0. The van der Waals surface area contributed by atoms with Crippen molar-refractivity contribution >= 4 is 35.3 Å². The van der Waals surface area contributed by atoms with Gasteiger partial charge in [-0.1, -0.05) is 56.3 Å². The molecule has 296 valence electrons. The van der Waals surface area contributed by atoms with E-state index >= 15 is 0 Å². The number of hydrogen-bond acceptors (Lipinski definition) is 8. The van der Waals surface area contributed by atoms with Gasteiger partial charge in [-0.25, -0.2) is 4.79 Å². The number of ether oxygens (including phenoxy) is 2. The van der Waals surface area contributed by atoms with Crippen molar-refractivity contribution in [2.75, 3.05) is 44.8 Å². The van der Waals surface area contributed by atoms with Crippen LogP contribution in [0.25, 0.3) is 22.2 Å². The number of piperazine rings is 1. The van der Waals surface area contributed by atoms with Crippen molar-refractivity contribution in [3.8, 4) is 11.3 Å². The van der Waals surface area contributed by atoms with Crippen molar-refractivity contribution in [3.05, 3.63) is 77.6 Å². The summed E-state index contributed by atoms with van der Waals surface area (Å²) in [5.41, 5.74) is 2.73. The van der Waals surface area contributed by atoms with Gasteiger partial charge in [0.2, 0.25) is 0 Å². The van der Waals surface area contributed by atoms with Gasteiger partial charge in [0.25, 0.3) is 0 Å². The molecule has 0 spiro atoms. The average Bonchev–Trinajstić information content (AvgIpc) is 3.55. The van der Waals surface area contributed by atoms with Crippen molar-refractivity contribution in [3.63, 3.8) is 0 Å². The first kappa shape index (κ1) is 40.6. The van der Waals surface area contributed by atoms with E-state index in [-0.39, 0.29) is 19.6 Å². The highest BCUT2D eigenvalue weighted by Crippen LogP contribution is 2.43. The SMILES string of the molecule is CO[C@@H](C)c1ncc(N2CCN(C(=O)OCc3ccccc3)CC2)cc1-c1c(CC(C)(C)CO)c2cc(B3OC(C)(C)C(C)(C)O3)ccc2n1CC(F)(F)F. The molecule has 2 fully saturated rings. The largest absolute Gasteiger partial charge is 0.494 e. The lowest BCUT2D eigenvalue weighted by atomic mass is 9.77. The van der Waals surface area contributed by atoms with Crippen LogP contribution in [-0.4, -0.2) is 90.0 Å². The molecule has 2 saturated heterocycles. The smallest absolute Gasteiger partial charge is 0.445 e. The minimum absolute atomic E-state index is 0.172. The lowest BCUT2D eigenvalue weighted by molar-refractivity contribution is -0.139. The molecule has 10 nitrogen and oxygen atoms in total. The summed E-state index contributed by atoms with van der Waals surface area (Å²) in [6.07, 6.45) is -3.54. The van der Waals surface area contributed by atoms with Gasteiger partial charge in [0.05, 0.1) is 40.6 Å². The van der Waals surface area contributed by atoms with Gasteiger partial charge in [-0.3, -0.25) is 4.98 Å². The van der Waals surface area contributed by atoms with Gasteiger partial charge < -0.3 is 38.3 Å². The lowest BCUT2D eigenvalue weighted by Gasteiger charge is -2.35. The Morgan fingerprint density at radius 2 is 1.65 bits per heavy atom. The second-order valence-electron chi connectivity index (χ2n) is 16.4. The van der Waals surface area contributed by atoms with E-state index in [4.69, 9.17) is 23.8 Å². The van der Waals surface area contributed by atoms with Gasteiger partial charge in [-0.15, -0.1) is 0 Å². The number of aromatic nitrogens is 2. The number of amides is 1. The number of aliphatic hydroxyl groups excluding tert-OH is 1. The lowest BCUT2D eigenvalue weighted by Crippen LogP contribution is -2.49. The predicted molar refractivity (Wildman–Crippen MR) is 207 cm³/mol. The van der Waals surface area contributed by atoms with Crippen LogP contribution >= 0.6 is 0 Å². The Hall–Kier alpha value is -4.11. The number of hydrogen-bond donors (Lipinski definition) is 1. The van der Waals surface area contributed by atoms with Crippen molar-refractivity contribution < 1.29 is 41.9 Å². The number of halogens is 3. The maximum atomic E-state index is 14.6. The molecule has 1 N–H and O–H groups in total. The summed E-state index contributed by atoms with van der Waals surface area (Å²) in [4.78, 5) is 21.5. The molecule has 55 heavy (non-hydrogen) atoms. The molecule has 4 heterocycles. The summed E-state index contributed by atoms with van der Waals surface area (Å²) in [6.45, 7) is 13.9. The number of rotatable bonds is 11. The summed E-state index contributed by atoms with van der Waals surface area (Å²) in [5.74, 6) is 0. The molecule has 0 bridgehead atoms. The van der Waals surface area contributed by atoms with Crippen LogP contribution < -0.4 is 10.4 Å². The number of aliphatic hydroxyl groups is 1. The van der Waals surface area contributed by atoms with Gasteiger partial charge in [0.1, 0.15) is 13.2 Å². The topological polar surface area (TPSA) is 98.5 Å². The van der Waals surface area contributed by atoms with Gasteiger partial charge in [-0.2, -0.15) is 13.2 Å². The molecule has 2 aromatic carbocycles. The van der Waals surface area contributed by atoms with Crippen LogP contribution in [0.2, 0.25) is 0 Å². The van der Waals surface area contributed by atoms with E-state index in [1.807, 2.05) is 90.9 Å². The fourth-order valence-corrected chi connectivity index (χ4v) is 7.15. The number of carbonyl (C=O) groups is 1. The van der Waals surface area contributed by atoms with Crippen LogP contribution in [0.15, 0.2) is 60.8 Å². The average molecular weight is 765 g/mol. The summed E-state index contributed by atoms with van der Waals surface area (Å²) in [6, 6.07) is 16.7. The first-order chi connectivity index (χ1) is 25.8. The molecular formula is C41H52BF3N4O6. The number of anilines is 1. The van der Waals surface area contributed by atoms with E-state index in [2.05, 4.69) is 4.90 Å². The zero-order valence-corrected chi connectivity index (χ0v) is 33.0. The van der Waals surface area contributed by atoms with Crippen molar-refractivity contribution in [2.24, 2.45) is 5.41 Å². The van der Waals surface area contributed by atoms with Crippen molar-refractivity contribution in [2.45, 2.75) is 91.5 Å². The Bertz CT molecular complexity index is 1980. The molecule has 6 rings (SSSR count). The maximum Gasteiger partial charge on any atom is 0.494 e. The number of fused-ring (bicyclic) bond motifs is 1. The number of carbonyl (C=O) groups excluding carboxylic acids is 1. The third-order valence-corrected chi connectivity index (χ3v) is 11.1. The van der Waals surface area contributed by atoms with Crippen LogP contribution in [0.4, 0.5) is 23.7 Å². The highest BCUT2D eigenvalue weighted by atomic mass is 19.4. The van der Waals surface area contributed by atoms with Gasteiger partial charge in [-0.05, 0) is 75.2 Å². The number of methoxy groups -OCH3 is 1. The molecule has 14 heteroatoms. The Morgan fingerprint density at radius 3 is 2.25 bits per heavy atom. The minimum atomic E-state index is -4.56. The summed E-state index contributed by atoms with van der Waals surface area (Å²) in [7, 11) is 0.809. The Balaban J connectivity index is 1.43. The third-order valence-electron chi connectivity index (χ3n) is 11.1. The fraction of sp³-hybridized carbons (Fsp3) is 0.512. The number of benzene rings is 2. The predicted octanol–water partition coefficient (Wildman–Crippen LogP) is 7.29. The third kappa shape index (κ3) is 8.67. The fourth-order valence-electron chi connectivity index (χ4n) is 7.15. The molecule has 2 aliphatic rings. The second-order valence-corrected chi connectivity index (χ2v) is 16.4. The van der Waals surface area contributed by atoms with Crippen LogP contribution in [0, 0.1) is 5.41 Å². The van der Waals surface area contributed by atoms with Crippen molar-refractivity contribution in [1.29, 1.82) is 0 Å². The molecule has 0 aliphatic carbocycles. The Morgan fingerprint density at radius 1 is 1.00 bits per heavy atom. The second kappa shape index (κ2) is 15.4. The van der Waals surface area contributed by atoms with Gasteiger partial charge >= 0.3 is 19.4 Å². The minimum Gasteiger partial charge on any atom is -0.445 e. The molecule has 2 aliphatic heterocycles.